The molecule has 0 aliphatic rings. The van der Waals surface area contributed by atoms with Crippen LogP contribution in [0.2, 0.25) is 10.0 Å². The number of ether oxygens (including phenoxy) is 1. The van der Waals surface area contributed by atoms with E-state index in [1.165, 1.54) is 7.11 Å². The van der Waals surface area contributed by atoms with E-state index in [0.717, 1.165) is 0 Å². The first-order valence-electron chi connectivity index (χ1n) is 4.22. The Kier molecular flexibility index (Phi) is 3.60. The molecule has 1 aromatic carbocycles. The van der Waals surface area contributed by atoms with E-state index in [2.05, 4.69) is 0 Å². The molecule has 82 valence electrons. The van der Waals surface area contributed by atoms with Crippen LogP contribution in [0.3, 0.4) is 0 Å². The summed E-state index contributed by atoms with van der Waals surface area (Å²) in [4.78, 5) is 11.3. The normalized spacial score (nSPS) is 14.7. The maximum atomic E-state index is 11.3. The molecule has 15 heavy (non-hydrogen) atoms. The van der Waals surface area contributed by atoms with Crippen LogP contribution in [0.25, 0.3) is 0 Å². The molecule has 0 heterocycles. The average molecular weight is 248 g/mol. The zero-order chi connectivity index (χ0) is 11.6. The van der Waals surface area contributed by atoms with Crippen molar-refractivity contribution in [3.05, 3.63) is 33.8 Å². The van der Waals surface area contributed by atoms with Crippen LogP contribution in [-0.2, 0) is 15.1 Å². The number of rotatable bonds is 3. The number of halogens is 2. The van der Waals surface area contributed by atoms with Gasteiger partial charge in [0.25, 0.3) is 5.91 Å². The van der Waals surface area contributed by atoms with Gasteiger partial charge in [-0.15, -0.1) is 0 Å². The Bertz CT molecular complexity index is 395. The lowest BCUT2D eigenvalue weighted by atomic mass is 9.95. The SMILES string of the molecule is COC(C)(C(N)=O)c1ccc(Cl)c(Cl)c1. The molecule has 1 amide bonds. The molecule has 0 bridgehead atoms. The van der Waals surface area contributed by atoms with Gasteiger partial charge in [-0.2, -0.15) is 0 Å². The standard InChI is InChI=1S/C10H11Cl2NO2/c1-10(15-2,9(13)14)6-3-4-7(11)8(12)5-6/h3-5H,1-2H3,(H2,13,14). The molecule has 1 atom stereocenters. The molecule has 0 aliphatic carbocycles. The van der Waals surface area contributed by atoms with E-state index in [9.17, 15) is 4.79 Å². The zero-order valence-corrected chi connectivity index (χ0v) is 9.89. The number of hydrogen-bond donors (Lipinski definition) is 1. The van der Waals surface area contributed by atoms with Gasteiger partial charge in [0.1, 0.15) is 0 Å². The van der Waals surface area contributed by atoms with Crippen molar-refractivity contribution in [1.29, 1.82) is 0 Å². The van der Waals surface area contributed by atoms with Crippen LogP contribution < -0.4 is 5.73 Å². The fraction of sp³-hybridized carbons (Fsp3) is 0.300. The lowest BCUT2D eigenvalue weighted by Crippen LogP contribution is -2.40. The zero-order valence-electron chi connectivity index (χ0n) is 8.38. The molecule has 0 spiro atoms. The number of amides is 1. The first kappa shape index (κ1) is 12.3. The topological polar surface area (TPSA) is 52.3 Å². The number of methoxy groups -OCH3 is 1. The third-order valence-corrected chi connectivity index (χ3v) is 3.09. The molecule has 0 aliphatic heterocycles. The van der Waals surface area contributed by atoms with E-state index in [0.29, 0.717) is 15.6 Å². The summed E-state index contributed by atoms with van der Waals surface area (Å²) >= 11 is 11.6. The van der Waals surface area contributed by atoms with Gasteiger partial charge in [-0.1, -0.05) is 29.3 Å². The summed E-state index contributed by atoms with van der Waals surface area (Å²) in [6, 6.07) is 4.82. The van der Waals surface area contributed by atoms with Gasteiger partial charge in [-0.05, 0) is 24.6 Å². The van der Waals surface area contributed by atoms with E-state index in [1.54, 1.807) is 25.1 Å². The maximum Gasteiger partial charge on any atom is 0.254 e. The van der Waals surface area contributed by atoms with Crippen LogP contribution in [-0.4, -0.2) is 13.0 Å². The van der Waals surface area contributed by atoms with Gasteiger partial charge in [0.2, 0.25) is 0 Å². The second-order valence-electron chi connectivity index (χ2n) is 3.23. The highest BCUT2D eigenvalue weighted by Crippen LogP contribution is 2.30. The van der Waals surface area contributed by atoms with Crippen molar-refractivity contribution in [2.24, 2.45) is 5.73 Å². The van der Waals surface area contributed by atoms with E-state index in [4.69, 9.17) is 33.7 Å². The van der Waals surface area contributed by atoms with Gasteiger partial charge in [-0.3, -0.25) is 4.79 Å². The van der Waals surface area contributed by atoms with Gasteiger partial charge < -0.3 is 10.5 Å². The number of carbonyl (C=O) groups is 1. The third kappa shape index (κ3) is 2.25. The van der Waals surface area contributed by atoms with Crippen molar-refractivity contribution in [1.82, 2.24) is 0 Å². The predicted octanol–water partition coefficient (Wildman–Crippen LogP) is 2.34. The smallest absolute Gasteiger partial charge is 0.254 e. The summed E-state index contributed by atoms with van der Waals surface area (Å²) in [6.07, 6.45) is 0. The molecule has 0 radical (unpaired) electrons. The van der Waals surface area contributed by atoms with Crippen LogP contribution >= 0.6 is 23.2 Å². The van der Waals surface area contributed by atoms with E-state index in [-0.39, 0.29) is 0 Å². The summed E-state index contributed by atoms with van der Waals surface area (Å²) in [5.74, 6) is -0.580. The molecular formula is C10H11Cl2NO2. The second kappa shape index (κ2) is 4.39. The Hall–Kier alpha value is -0.770. The molecule has 0 fully saturated rings. The van der Waals surface area contributed by atoms with E-state index >= 15 is 0 Å². The third-order valence-electron chi connectivity index (χ3n) is 2.35. The van der Waals surface area contributed by atoms with Gasteiger partial charge in [0.05, 0.1) is 10.0 Å². The quantitative estimate of drug-likeness (QED) is 0.892. The Morgan fingerprint density at radius 1 is 1.40 bits per heavy atom. The summed E-state index contributed by atoms with van der Waals surface area (Å²) < 4.78 is 5.10. The fourth-order valence-corrected chi connectivity index (χ4v) is 1.45. The van der Waals surface area contributed by atoms with Crippen LogP contribution in [0.15, 0.2) is 18.2 Å². The molecule has 1 rings (SSSR count). The lowest BCUT2D eigenvalue weighted by molar-refractivity contribution is -0.139. The summed E-state index contributed by atoms with van der Waals surface area (Å²) in [5, 5.41) is 0.780. The molecular weight excluding hydrogens is 237 g/mol. The number of benzene rings is 1. The van der Waals surface area contributed by atoms with Gasteiger partial charge in [-0.25, -0.2) is 0 Å². The summed E-state index contributed by atoms with van der Waals surface area (Å²) in [5.41, 5.74) is 4.65. The molecule has 0 saturated carbocycles. The Morgan fingerprint density at radius 2 is 2.00 bits per heavy atom. The maximum absolute atomic E-state index is 11.3. The molecule has 1 aromatic rings. The first-order valence-corrected chi connectivity index (χ1v) is 4.98. The van der Waals surface area contributed by atoms with E-state index in [1.807, 2.05) is 0 Å². The van der Waals surface area contributed by atoms with Gasteiger partial charge >= 0.3 is 0 Å². The Balaban J connectivity index is 3.25. The molecule has 1 unspecified atom stereocenters. The minimum Gasteiger partial charge on any atom is -0.367 e. The molecule has 0 saturated heterocycles. The molecule has 2 N–H and O–H groups in total. The fourth-order valence-electron chi connectivity index (χ4n) is 1.15. The van der Waals surface area contributed by atoms with Crippen LogP contribution in [0.1, 0.15) is 12.5 Å². The monoisotopic (exact) mass is 247 g/mol. The highest BCUT2D eigenvalue weighted by molar-refractivity contribution is 6.42. The van der Waals surface area contributed by atoms with Crippen molar-refractivity contribution in [2.75, 3.05) is 7.11 Å². The van der Waals surface area contributed by atoms with E-state index < -0.39 is 11.5 Å². The number of nitrogens with two attached hydrogens (primary N) is 1. The molecule has 5 heteroatoms. The number of carbonyl (C=O) groups excluding carboxylic acids is 1. The lowest BCUT2D eigenvalue weighted by Gasteiger charge is -2.25. The predicted molar refractivity (Wildman–Crippen MR) is 60.0 cm³/mol. The highest BCUT2D eigenvalue weighted by Gasteiger charge is 2.33. The summed E-state index contributed by atoms with van der Waals surface area (Å²) in [6.45, 7) is 1.58. The van der Waals surface area contributed by atoms with Crippen molar-refractivity contribution in [3.63, 3.8) is 0 Å². The molecule has 3 nitrogen and oxygen atoms in total. The second-order valence-corrected chi connectivity index (χ2v) is 4.04. The molecule has 0 aromatic heterocycles. The van der Waals surface area contributed by atoms with Crippen LogP contribution in [0, 0.1) is 0 Å². The largest absolute Gasteiger partial charge is 0.367 e. The van der Waals surface area contributed by atoms with Gasteiger partial charge in [0.15, 0.2) is 5.60 Å². The van der Waals surface area contributed by atoms with Crippen LogP contribution in [0.4, 0.5) is 0 Å². The summed E-state index contributed by atoms with van der Waals surface area (Å²) in [7, 11) is 1.41. The Morgan fingerprint density at radius 3 is 2.40 bits per heavy atom. The highest BCUT2D eigenvalue weighted by atomic mass is 35.5. The van der Waals surface area contributed by atoms with Crippen molar-refractivity contribution < 1.29 is 9.53 Å². The Labute approximate surface area is 98.1 Å². The van der Waals surface area contributed by atoms with Crippen molar-refractivity contribution in [2.45, 2.75) is 12.5 Å². The van der Waals surface area contributed by atoms with Crippen LogP contribution in [0.5, 0.6) is 0 Å². The van der Waals surface area contributed by atoms with Crippen molar-refractivity contribution in [3.8, 4) is 0 Å². The average Bonchev–Trinajstić information content (AvgIpc) is 2.20. The number of primary amides is 1. The minimum absolute atomic E-state index is 0.360. The van der Waals surface area contributed by atoms with Gasteiger partial charge in [0, 0.05) is 7.11 Å². The minimum atomic E-state index is -1.19. The van der Waals surface area contributed by atoms with Crippen molar-refractivity contribution >= 4 is 29.1 Å². The number of hydrogen-bond acceptors (Lipinski definition) is 2. The first-order chi connectivity index (χ1) is 6.91.